The first kappa shape index (κ1) is 37.9. The highest BCUT2D eigenvalue weighted by Gasteiger charge is 2.25. The molecule has 0 bridgehead atoms. The minimum atomic E-state index is -1.47. The monoisotopic (exact) mass is 644 g/mol. The zero-order chi connectivity index (χ0) is 33.9. The molecule has 0 aromatic carbocycles. The Kier molecular flexibility index (Phi) is 13.8. The van der Waals surface area contributed by atoms with Crippen molar-refractivity contribution >= 4 is 52.3 Å². The number of hydrogen-bond donors (Lipinski definition) is 4. The number of amides is 4. The van der Waals surface area contributed by atoms with E-state index in [9.17, 15) is 29.1 Å². The fourth-order valence-corrected chi connectivity index (χ4v) is 3.57. The van der Waals surface area contributed by atoms with E-state index < -0.39 is 58.8 Å². The second-order valence-corrected chi connectivity index (χ2v) is 13.2. The van der Waals surface area contributed by atoms with Gasteiger partial charge in [0.1, 0.15) is 22.5 Å². The van der Waals surface area contributed by atoms with E-state index in [4.69, 9.17) is 19.0 Å². The summed E-state index contributed by atoms with van der Waals surface area (Å²) in [6.45, 7) is 16.9. The topological polar surface area (TPSA) is 207 Å². The standard InChI is InChI=1S/C27H44N6O10S/c1-16(43-32-18(20(35)36)17-15-44-21(30-17)31-23(38)41-26(5,6)7)19(34)28-11-13-33(24(39)42-27(8,9)10)14-12-29-22(37)40-25(2,3)4/h15-16H,11-14H2,1-10H3,(H,28,34)(H,29,37)(H,35,36)(H,30,31,38)/b32-18+. The summed E-state index contributed by atoms with van der Waals surface area (Å²) >= 11 is 0.944. The van der Waals surface area contributed by atoms with Gasteiger partial charge < -0.3 is 39.7 Å². The van der Waals surface area contributed by atoms with E-state index in [-0.39, 0.29) is 37.0 Å². The van der Waals surface area contributed by atoms with Crippen LogP contribution in [0.5, 0.6) is 0 Å². The number of ether oxygens (including phenoxy) is 3. The van der Waals surface area contributed by atoms with Crippen LogP contribution in [0.3, 0.4) is 0 Å². The van der Waals surface area contributed by atoms with Crippen LogP contribution >= 0.6 is 11.3 Å². The number of nitrogens with one attached hydrogen (secondary N) is 3. The highest BCUT2D eigenvalue weighted by atomic mass is 32.1. The lowest BCUT2D eigenvalue weighted by Gasteiger charge is -2.28. The van der Waals surface area contributed by atoms with Crippen LogP contribution in [-0.2, 0) is 28.6 Å². The summed E-state index contributed by atoms with van der Waals surface area (Å²) in [5, 5.41) is 22.1. The third kappa shape index (κ3) is 15.9. The average molecular weight is 645 g/mol. The number of hydrogen-bond acceptors (Lipinski definition) is 12. The van der Waals surface area contributed by atoms with Crippen molar-refractivity contribution in [2.45, 2.75) is 92.1 Å². The van der Waals surface area contributed by atoms with Gasteiger partial charge in [-0.15, -0.1) is 11.3 Å². The van der Waals surface area contributed by atoms with Crippen molar-refractivity contribution in [1.29, 1.82) is 0 Å². The van der Waals surface area contributed by atoms with Gasteiger partial charge in [0.25, 0.3) is 5.91 Å². The van der Waals surface area contributed by atoms with Gasteiger partial charge in [-0.2, -0.15) is 0 Å². The third-order valence-corrected chi connectivity index (χ3v) is 5.37. The molecule has 0 saturated carbocycles. The molecule has 1 heterocycles. The summed E-state index contributed by atoms with van der Waals surface area (Å²) < 4.78 is 15.7. The summed E-state index contributed by atoms with van der Waals surface area (Å²) in [7, 11) is 0. The zero-order valence-corrected chi connectivity index (χ0v) is 27.7. The van der Waals surface area contributed by atoms with E-state index in [1.807, 2.05) is 0 Å². The van der Waals surface area contributed by atoms with Crippen LogP contribution in [-0.4, -0.2) is 99.9 Å². The molecule has 0 aliphatic rings. The van der Waals surface area contributed by atoms with E-state index >= 15 is 0 Å². The molecule has 16 nitrogen and oxygen atoms in total. The van der Waals surface area contributed by atoms with E-state index in [2.05, 4.69) is 26.1 Å². The smallest absolute Gasteiger partial charge is 0.413 e. The number of carbonyl (C=O) groups is 5. The number of aromatic nitrogens is 1. The Balaban J connectivity index is 2.77. The van der Waals surface area contributed by atoms with Gasteiger partial charge in [-0.25, -0.2) is 24.2 Å². The largest absolute Gasteiger partial charge is 0.476 e. The predicted molar refractivity (Wildman–Crippen MR) is 162 cm³/mol. The normalized spacial score (nSPS) is 12.8. The minimum Gasteiger partial charge on any atom is -0.476 e. The van der Waals surface area contributed by atoms with Gasteiger partial charge >= 0.3 is 24.2 Å². The van der Waals surface area contributed by atoms with Gasteiger partial charge in [0, 0.05) is 31.6 Å². The van der Waals surface area contributed by atoms with Crippen LogP contribution in [0.25, 0.3) is 0 Å². The lowest BCUT2D eigenvalue weighted by Crippen LogP contribution is -2.46. The molecule has 1 unspecified atom stereocenters. The SMILES string of the molecule is CC(O/N=C(/C(=O)O)c1csc(NC(=O)OC(C)(C)C)n1)C(=O)NCCN(CCNC(=O)OC(C)(C)C)C(=O)OC(C)(C)C. The number of thiazole rings is 1. The Morgan fingerprint density at radius 2 is 1.41 bits per heavy atom. The number of oxime groups is 1. The second kappa shape index (κ2) is 16.1. The van der Waals surface area contributed by atoms with Crippen LogP contribution in [0.1, 0.15) is 74.9 Å². The molecule has 1 rings (SSSR count). The van der Waals surface area contributed by atoms with Gasteiger partial charge in [-0.1, -0.05) is 5.16 Å². The Bertz CT molecular complexity index is 1200. The molecule has 1 aromatic rings. The van der Waals surface area contributed by atoms with Crippen molar-refractivity contribution in [3.8, 4) is 0 Å². The number of carbonyl (C=O) groups excluding carboxylic acids is 4. The average Bonchev–Trinajstić information content (AvgIpc) is 3.26. The maximum absolute atomic E-state index is 12.7. The number of carboxylic acid groups (broad SMARTS) is 1. The molecule has 1 aromatic heterocycles. The number of alkyl carbamates (subject to hydrolysis) is 1. The minimum absolute atomic E-state index is 0.0144. The number of carboxylic acids is 1. The lowest BCUT2D eigenvalue weighted by atomic mass is 10.2. The number of aliphatic carboxylic acids is 1. The molecule has 4 amide bonds. The molecule has 0 fully saturated rings. The van der Waals surface area contributed by atoms with Gasteiger partial charge in [0.05, 0.1) is 0 Å². The first-order chi connectivity index (χ1) is 20.1. The highest BCUT2D eigenvalue weighted by molar-refractivity contribution is 7.14. The van der Waals surface area contributed by atoms with Crippen molar-refractivity contribution in [2.24, 2.45) is 5.16 Å². The Hall–Kier alpha value is -4.15. The molecular formula is C27H44N6O10S. The van der Waals surface area contributed by atoms with E-state index in [1.165, 1.54) is 17.2 Å². The summed E-state index contributed by atoms with van der Waals surface area (Å²) in [5.41, 5.74) is -2.89. The van der Waals surface area contributed by atoms with Gasteiger partial charge in [-0.05, 0) is 69.2 Å². The second-order valence-electron chi connectivity index (χ2n) is 12.3. The lowest BCUT2D eigenvalue weighted by molar-refractivity contribution is -0.133. The van der Waals surface area contributed by atoms with Gasteiger partial charge in [0.15, 0.2) is 5.13 Å². The van der Waals surface area contributed by atoms with Crippen LogP contribution < -0.4 is 16.0 Å². The van der Waals surface area contributed by atoms with Crippen LogP contribution in [0.2, 0.25) is 0 Å². The molecule has 0 aliphatic carbocycles. The Morgan fingerprint density at radius 3 is 1.93 bits per heavy atom. The van der Waals surface area contributed by atoms with Crippen molar-refractivity contribution in [3.05, 3.63) is 11.1 Å². The zero-order valence-electron chi connectivity index (χ0n) is 26.9. The maximum Gasteiger partial charge on any atom is 0.413 e. The molecule has 0 radical (unpaired) electrons. The van der Waals surface area contributed by atoms with E-state index in [1.54, 1.807) is 62.3 Å². The molecule has 4 N–H and O–H groups in total. The maximum atomic E-state index is 12.7. The van der Waals surface area contributed by atoms with E-state index in [0.717, 1.165) is 11.3 Å². The van der Waals surface area contributed by atoms with Gasteiger partial charge in [0.2, 0.25) is 11.8 Å². The molecule has 44 heavy (non-hydrogen) atoms. The highest BCUT2D eigenvalue weighted by Crippen LogP contribution is 2.18. The summed E-state index contributed by atoms with van der Waals surface area (Å²) in [6, 6.07) is 0. The molecule has 1 atom stereocenters. The van der Waals surface area contributed by atoms with E-state index in [0.29, 0.717) is 0 Å². The Labute approximate surface area is 260 Å². The fourth-order valence-electron chi connectivity index (χ4n) is 2.89. The van der Waals surface area contributed by atoms with Crippen molar-refractivity contribution in [3.63, 3.8) is 0 Å². The quantitative estimate of drug-likeness (QED) is 0.147. The van der Waals surface area contributed by atoms with Gasteiger partial charge in [-0.3, -0.25) is 10.1 Å². The first-order valence-electron chi connectivity index (χ1n) is 13.7. The molecule has 17 heteroatoms. The van der Waals surface area contributed by atoms with Crippen molar-refractivity contribution in [2.75, 3.05) is 31.5 Å². The van der Waals surface area contributed by atoms with Crippen molar-refractivity contribution < 1.29 is 48.1 Å². The van der Waals surface area contributed by atoms with Crippen molar-refractivity contribution in [1.82, 2.24) is 20.5 Å². The first-order valence-corrected chi connectivity index (χ1v) is 14.6. The molecule has 248 valence electrons. The summed E-state index contributed by atoms with van der Waals surface area (Å²) in [6.07, 6.45) is -3.28. The number of rotatable bonds is 12. The molecule has 0 saturated heterocycles. The number of anilines is 1. The predicted octanol–water partition coefficient (Wildman–Crippen LogP) is 3.56. The summed E-state index contributed by atoms with van der Waals surface area (Å²) in [5.74, 6) is -2.11. The molecule has 0 spiro atoms. The van der Waals surface area contributed by atoms with Crippen LogP contribution in [0.4, 0.5) is 19.5 Å². The number of nitrogens with zero attached hydrogens (tertiary/aromatic N) is 3. The summed E-state index contributed by atoms with van der Waals surface area (Å²) in [4.78, 5) is 71.4. The Morgan fingerprint density at radius 1 is 0.886 bits per heavy atom. The third-order valence-electron chi connectivity index (χ3n) is 4.61. The molecular weight excluding hydrogens is 600 g/mol. The van der Waals surface area contributed by atoms with Crippen LogP contribution in [0.15, 0.2) is 10.5 Å². The molecule has 0 aliphatic heterocycles. The van der Waals surface area contributed by atoms with Crippen LogP contribution in [0, 0.1) is 0 Å². The fraction of sp³-hybridized carbons (Fsp3) is 0.667.